The van der Waals surface area contributed by atoms with Gasteiger partial charge in [-0.15, -0.1) is 0 Å². The van der Waals surface area contributed by atoms with E-state index in [2.05, 4.69) is 10.1 Å². The second kappa shape index (κ2) is 8.09. The molecule has 0 spiro atoms. The van der Waals surface area contributed by atoms with E-state index in [1.807, 2.05) is 30.3 Å². The molecule has 108 valence electrons. The van der Waals surface area contributed by atoms with Crippen LogP contribution in [0.5, 0.6) is 0 Å². The molecule has 1 N–H and O–H groups in total. The van der Waals surface area contributed by atoms with Gasteiger partial charge in [0.15, 0.2) is 0 Å². The molecular formula is C15H19NO4. The number of Topliss-reactive ketones (excluding diaryl/α,β-unsaturated/α-hetero) is 1. The number of ether oxygens (including phenoxy) is 1. The molecule has 0 saturated heterocycles. The van der Waals surface area contributed by atoms with Crippen molar-refractivity contribution in [1.82, 2.24) is 5.32 Å². The number of carbonyl (C=O) groups is 3. The number of nitrogens with one attached hydrogen (secondary N) is 1. The van der Waals surface area contributed by atoms with Gasteiger partial charge in [-0.2, -0.15) is 0 Å². The Morgan fingerprint density at radius 2 is 1.85 bits per heavy atom. The first-order valence-electron chi connectivity index (χ1n) is 6.43. The normalized spacial score (nSPS) is 11.5. The molecule has 1 atom stereocenters. The van der Waals surface area contributed by atoms with Crippen molar-refractivity contribution in [3.8, 4) is 0 Å². The Morgan fingerprint density at radius 1 is 1.20 bits per heavy atom. The molecule has 0 radical (unpaired) electrons. The predicted molar refractivity (Wildman–Crippen MR) is 74.0 cm³/mol. The Kier molecular flexibility index (Phi) is 6.43. The van der Waals surface area contributed by atoms with Crippen molar-refractivity contribution in [3.63, 3.8) is 0 Å². The molecule has 0 fully saturated rings. The minimum Gasteiger partial charge on any atom is -0.467 e. The number of esters is 1. The molecule has 5 heteroatoms. The SMILES string of the molecule is COC(=O)[C@@H](CCC(C)=O)NC(=O)Cc1ccccc1. The Morgan fingerprint density at radius 3 is 2.40 bits per heavy atom. The Bertz CT molecular complexity index is 470. The summed E-state index contributed by atoms with van der Waals surface area (Å²) in [7, 11) is 1.26. The molecule has 20 heavy (non-hydrogen) atoms. The van der Waals surface area contributed by atoms with Crippen LogP contribution in [0.4, 0.5) is 0 Å². The maximum absolute atomic E-state index is 11.9. The van der Waals surface area contributed by atoms with Crippen LogP contribution in [0.15, 0.2) is 30.3 Å². The molecule has 0 saturated carbocycles. The molecule has 0 aromatic heterocycles. The van der Waals surface area contributed by atoms with Gasteiger partial charge in [0.1, 0.15) is 11.8 Å². The second-order valence-electron chi connectivity index (χ2n) is 4.55. The van der Waals surface area contributed by atoms with Gasteiger partial charge in [0, 0.05) is 6.42 Å². The first kappa shape index (κ1) is 15.9. The van der Waals surface area contributed by atoms with Gasteiger partial charge in [-0.3, -0.25) is 4.79 Å². The topological polar surface area (TPSA) is 72.5 Å². The van der Waals surface area contributed by atoms with Crippen molar-refractivity contribution in [1.29, 1.82) is 0 Å². The van der Waals surface area contributed by atoms with E-state index in [0.717, 1.165) is 5.56 Å². The van der Waals surface area contributed by atoms with Crippen molar-refractivity contribution in [2.45, 2.75) is 32.2 Å². The Balaban J connectivity index is 2.57. The number of hydrogen-bond acceptors (Lipinski definition) is 4. The molecule has 0 bridgehead atoms. The molecule has 1 aromatic carbocycles. The van der Waals surface area contributed by atoms with E-state index < -0.39 is 12.0 Å². The van der Waals surface area contributed by atoms with Crippen molar-refractivity contribution >= 4 is 17.7 Å². The van der Waals surface area contributed by atoms with Crippen molar-refractivity contribution < 1.29 is 19.1 Å². The minimum atomic E-state index is -0.778. The summed E-state index contributed by atoms with van der Waals surface area (Å²) in [6, 6.07) is 8.45. The monoisotopic (exact) mass is 277 g/mol. The lowest BCUT2D eigenvalue weighted by atomic mass is 10.1. The zero-order valence-corrected chi connectivity index (χ0v) is 11.7. The third-order valence-electron chi connectivity index (χ3n) is 2.81. The Labute approximate surface area is 118 Å². The van der Waals surface area contributed by atoms with Gasteiger partial charge in [-0.05, 0) is 18.9 Å². The fourth-order valence-electron chi connectivity index (χ4n) is 1.77. The third-order valence-corrected chi connectivity index (χ3v) is 2.81. The molecule has 0 unspecified atom stereocenters. The van der Waals surface area contributed by atoms with Crippen LogP contribution < -0.4 is 5.32 Å². The van der Waals surface area contributed by atoms with E-state index in [1.165, 1.54) is 14.0 Å². The van der Waals surface area contributed by atoms with Gasteiger partial charge in [-0.1, -0.05) is 30.3 Å². The van der Waals surface area contributed by atoms with Gasteiger partial charge >= 0.3 is 5.97 Å². The number of benzene rings is 1. The summed E-state index contributed by atoms with van der Waals surface area (Å²) < 4.78 is 4.63. The predicted octanol–water partition coefficient (Wildman–Crippen LogP) is 1.26. The molecule has 0 aliphatic carbocycles. The molecule has 1 aromatic rings. The summed E-state index contributed by atoms with van der Waals surface area (Å²) in [6.45, 7) is 1.44. The van der Waals surface area contributed by atoms with Crippen molar-refractivity contribution in [2.75, 3.05) is 7.11 Å². The lowest BCUT2D eigenvalue weighted by Gasteiger charge is -2.15. The molecule has 1 amide bonds. The van der Waals surface area contributed by atoms with Gasteiger partial charge in [0.2, 0.25) is 5.91 Å². The summed E-state index contributed by atoms with van der Waals surface area (Å²) >= 11 is 0. The lowest BCUT2D eigenvalue weighted by Crippen LogP contribution is -2.42. The molecular weight excluding hydrogens is 258 g/mol. The molecule has 0 heterocycles. The zero-order valence-electron chi connectivity index (χ0n) is 11.7. The van der Waals surface area contributed by atoms with Crippen LogP contribution in [0, 0.1) is 0 Å². The fourth-order valence-corrected chi connectivity index (χ4v) is 1.77. The van der Waals surface area contributed by atoms with E-state index in [-0.39, 0.29) is 31.0 Å². The zero-order chi connectivity index (χ0) is 15.0. The standard InChI is InChI=1S/C15H19NO4/c1-11(17)8-9-13(15(19)20-2)16-14(18)10-12-6-4-3-5-7-12/h3-7,13H,8-10H2,1-2H3,(H,16,18)/t13-/m1/s1. The number of carbonyl (C=O) groups excluding carboxylic acids is 3. The molecule has 1 rings (SSSR count). The highest BCUT2D eigenvalue weighted by molar-refractivity contribution is 5.86. The maximum Gasteiger partial charge on any atom is 0.328 e. The average Bonchev–Trinajstić information content (AvgIpc) is 2.43. The van der Waals surface area contributed by atoms with Crippen molar-refractivity contribution in [2.24, 2.45) is 0 Å². The first-order chi connectivity index (χ1) is 9.52. The van der Waals surface area contributed by atoms with E-state index >= 15 is 0 Å². The number of ketones is 1. The van der Waals surface area contributed by atoms with Gasteiger partial charge in [0.05, 0.1) is 13.5 Å². The van der Waals surface area contributed by atoms with E-state index in [9.17, 15) is 14.4 Å². The van der Waals surface area contributed by atoms with E-state index in [0.29, 0.717) is 0 Å². The van der Waals surface area contributed by atoms with Crippen LogP contribution >= 0.6 is 0 Å². The Hall–Kier alpha value is -2.17. The fraction of sp³-hybridized carbons (Fsp3) is 0.400. The van der Waals surface area contributed by atoms with Crippen LogP contribution in [-0.2, 0) is 25.5 Å². The highest BCUT2D eigenvalue weighted by atomic mass is 16.5. The maximum atomic E-state index is 11.9. The number of methoxy groups -OCH3 is 1. The summed E-state index contributed by atoms with van der Waals surface area (Å²) in [6.07, 6.45) is 0.669. The van der Waals surface area contributed by atoms with Crippen LogP contribution in [0.2, 0.25) is 0 Å². The first-order valence-corrected chi connectivity index (χ1v) is 6.43. The van der Waals surface area contributed by atoms with Crippen LogP contribution in [0.25, 0.3) is 0 Å². The minimum absolute atomic E-state index is 0.0313. The molecule has 0 aliphatic rings. The van der Waals surface area contributed by atoms with Crippen LogP contribution in [0.1, 0.15) is 25.3 Å². The highest BCUT2D eigenvalue weighted by Gasteiger charge is 2.21. The van der Waals surface area contributed by atoms with Gasteiger partial charge in [-0.25, -0.2) is 4.79 Å². The molecule has 0 aliphatic heterocycles. The van der Waals surface area contributed by atoms with E-state index in [4.69, 9.17) is 0 Å². The summed E-state index contributed by atoms with van der Waals surface area (Å²) in [5, 5.41) is 2.61. The quantitative estimate of drug-likeness (QED) is 0.761. The molecule has 5 nitrogen and oxygen atoms in total. The number of hydrogen-bond donors (Lipinski definition) is 1. The van der Waals surface area contributed by atoms with Crippen molar-refractivity contribution in [3.05, 3.63) is 35.9 Å². The average molecular weight is 277 g/mol. The lowest BCUT2D eigenvalue weighted by molar-refractivity contribution is -0.145. The summed E-state index contributed by atoms with van der Waals surface area (Å²) in [5.41, 5.74) is 0.861. The smallest absolute Gasteiger partial charge is 0.328 e. The third kappa shape index (κ3) is 5.65. The number of rotatable bonds is 7. The van der Waals surface area contributed by atoms with Crippen LogP contribution in [0.3, 0.4) is 0 Å². The summed E-state index contributed by atoms with van der Waals surface area (Å²) in [5.74, 6) is -0.834. The highest BCUT2D eigenvalue weighted by Crippen LogP contribution is 2.03. The van der Waals surface area contributed by atoms with E-state index in [1.54, 1.807) is 0 Å². The second-order valence-corrected chi connectivity index (χ2v) is 4.55. The van der Waals surface area contributed by atoms with Gasteiger partial charge in [0.25, 0.3) is 0 Å². The van der Waals surface area contributed by atoms with Crippen LogP contribution in [-0.4, -0.2) is 30.8 Å². The number of amides is 1. The van der Waals surface area contributed by atoms with Gasteiger partial charge < -0.3 is 14.8 Å². The largest absolute Gasteiger partial charge is 0.467 e. The summed E-state index contributed by atoms with van der Waals surface area (Å²) in [4.78, 5) is 34.4.